The Labute approximate surface area is 123 Å². The molecule has 8 nitrogen and oxygen atoms in total. The van der Waals surface area contributed by atoms with E-state index in [0.717, 1.165) is 0 Å². The fraction of sp³-hybridized carbons (Fsp3) is 0.538. The number of ether oxygens (including phenoxy) is 1. The lowest BCUT2D eigenvalue weighted by Gasteiger charge is -2.25. The lowest BCUT2D eigenvalue weighted by atomic mass is 10.3. The molecular weight excluding hydrogens is 276 g/mol. The molecule has 2 amide bonds. The van der Waals surface area contributed by atoms with Gasteiger partial charge in [0, 0.05) is 24.3 Å². The highest BCUT2D eigenvalue weighted by molar-refractivity contribution is 5.88. The number of carbonyl (C=O) groups is 2. The highest BCUT2D eigenvalue weighted by Gasteiger charge is 2.19. The van der Waals surface area contributed by atoms with Crippen LogP contribution in [0.15, 0.2) is 6.07 Å². The van der Waals surface area contributed by atoms with E-state index < -0.39 is 12.0 Å². The largest absolute Gasteiger partial charge is 0.481 e. The molecule has 1 aromatic rings. The van der Waals surface area contributed by atoms with Crippen LogP contribution in [0.25, 0.3) is 0 Å². The summed E-state index contributed by atoms with van der Waals surface area (Å²) < 4.78 is 5.01. The minimum Gasteiger partial charge on any atom is -0.481 e. The third kappa shape index (κ3) is 5.25. The van der Waals surface area contributed by atoms with Gasteiger partial charge in [0.2, 0.25) is 11.8 Å². The number of hydrogen-bond donors (Lipinski definition) is 2. The van der Waals surface area contributed by atoms with Crippen LogP contribution in [0.4, 0.5) is 10.7 Å². The van der Waals surface area contributed by atoms with Gasteiger partial charge in [-0.25, -0.2) is 9.78 Å². The molecule has 0 unspecified atom stereocenters. The van der Waals surface area contributed by atoms with Crippen LogP contribution < -0.4 is 10.1 Å². The van der Waals surface area contributed by atoms with Crippen molar-refractivity contribution in [1.29, 1.82) is 0 Å². The van der Waals surface area contributed by atoms with Gasteiger partial charge in [0.15, 0.2) is 0 Å². The number of aliphatic carboxylic acids is 1. The Balaban J connectivity index is 2.81. The molecule has 21 heavy (non-hydrogen) atoms. The second-order valence-electron chi connectivity index (χ2n) is 4.74. The first-order valence-corrected chi connectivity index (χ1v) is 6.52. The Kier molecular flexibility index (Phi) is 5.89. The van der Waals surface area contributed by atoms with E-state index in [-0.39, 0.29) is 25.0 Å². The van der Waals surface area contributed by atoms with Gasteiger partial charge < -0.3 is 14.7 Å². The van der Waals surface area contributed by atoms with E-state index >= 15 is 0 Å². The van der Waals surface area contributed by atoms with Crippen LogP contribution in [0, 0.1) is 6.92 Å². The molecule has 0 aliphatic heterocycles. The van der Waals surface area contributed by atoms with Gasteiger partial charge in [-0.15, -0.1) is 0 Å². The molecular formula is C13H20N4O4. The number of methoxy groups -OCH3 is 1. The zero-order valence-electron chi connectivity index (χ0n) is 12.6. The number of amides is 2. The fourth-order valence-corrected chi connectivity index (χ4v) is 1.68. The monoisotopic (exact) mass is 296 g/mol. The first-order chi connectivity index (χ1) is 9.83. The normalized spacial score (nSPS) is 10.3. The van der Waals surface area contributed by atoms with Crippen LogP contribution in [0.2, 0.25) is 0 Å². The number of rotatable bonds is 6. The molecule has 0 bridgehead atoms. The number of hydrogen-bond acceptors (Lipinski definition) is 5. The van der Waals surface area contributed by atoms with Crippen molar-refractivity contribution in [1.82, 2.24) is 14.9 Å². The first kappa shape index (κ1) is 16.7. The first-order valence-electron chi connectivity index (χ1n) is 6.52. The number of anilines is 1. The fourth-order valence-electron chi connectivity index (χ4n) is 1.68. The summed E-state index contributed by atoms with van der Waals surface area (Å²) in [5, 5.41) is 11.3. The Hall–Kier alpha value is -2.38. The van der Waals surface area contributed by atoms with Crippen LogP contribution in [0.3, 0.4) is 0 Å². The smallest absolute Gasteiger partial charge is 0.324 e. The summed E-state index contributed by atoms with van der Waals surface area (Å²) in [6.45, 7) is 5.48. The molecule has 0 saturated carbocycles. The highest BCUT2D eigenvalue weighted by atomic mass is 16.5. The quantitative estimate of drug-likeness (QED) is 0.824. The predicted molar refractivity (Wildman–Crippen MR) is 76.4 cm³/mol. The second kappa shape index (κ2) is 7.41. The maximum absolute atomic E-state index is 12.2. The van der Waals surface area contributed by atoms with Crippen molar-refractivity contribution < 1.29 is 19.4 Å². The molecule has 0 fully saturated rings. The molecule has 1 aromatic heterocycles. The van der Waals surface area contributed by atoms with Gasteiger partial charge in [0.05, 0.1) is 13.5 Å². The van der Waals surface area contributed by atoms with Gasteiger partial charge >= 0.3 is 12.0 Å². The summed E-state index contributed by atoms with van der Waals surface area (Å²) in [4.78, 5) is 32.3. The number of carboxylic acid groups (broad SMARTS) is 1. The Bertz CT molecular complexity index is 519. The highest BCUT2D eigenvalue weighted by Crippen LogP contribution is 2.12. The maximum Gasteiger partial charge on any atom is 0.324 e. The van der Waals surface area contributed by atoms with E-state index in [0.29, 0.717) is 11.6 Å². The predicted octanol–water partition coefficient (Wildman–Crippen LogP) is 1.51. The molecule has 1 rings (SSSR count). The molecule has 1 heterocycles. The average molecular weight is 296 g/mol. The van der Waals surface area contributed by atoms with Crippen molar-refractivity contribution >= 4 is 17.9 Å². The number of aromatic nitrogens is 2. The zero-order valence-corrected chi connectivity index (χ0v) is 12.6. The van der Waals surface area contributed by atoms with Crippen LogP contribution in [-0.4, -0.2) is 51.7 Å². The Morgan fingerprint density at radius 1 is 1.43 bits per heavy atom. The number of aryl methyl sites for hydroxylation is 1. The second-order valence-corrected chi connectivity index (χ2v) is 4.74. The number of nitrogens with one attached hydrogen (secondary N) is 1. The zero-order chi connectivity index (χ0) is 16.0. The van der Waals surface area contributed by atoms with Crippen molar-refractivity contribution in [3.63, 3.8) is 0 Å². The van der Waals surface area contributed by atoms with Crippen molar-refractivity contribution in [2.24, 2.45) is 0 Å². The average Bonchev–Trinajstić information content (AvgIpc) is 2.37. The summed E-state index contributed by atoms with van der Waals surface area (Å²) in [5.74, 6) is -0.487. The Morgan fingerprint density at radius 2 is 2.10 bits per heavy atom. The molecule has 0 aliphatic carbocycles. The van der Waals surface area contributed by atoms with Crippen molar-refractivity contribution in [2.75, 3.05) is 19.0 Å². The summed E-state index contributed by atoms with van der Waals surface area (Å²) in [5.41, 5.74) is 0.652. The molecule has 0 radical (unpaired) electrons. The number of nitrogens with zero attached hydrogens (tertiary/aromatic N) is 3. The number of urea groups is 1. The van der Waals surface area contributed by atoms with Crippen LogP contribution in [0.1, 0.15) is 26.0 Å². The summed E-state index contributed by atoms with van der Waals surface area (Å²) in [7, 11) is 1.47. The summed E-state index contributed by atoms with van der Waals surface area (Å²) >= 11 is 0. The molecule has 0 aromatic carbocycles. The van der Waals surface area contributed by atoms with E-state index in [9.17, 15) is 9.59 Å². The molecule has 0 spiro atoms. The topological polar surface area (TPSA) is 105 Å². The van der Waals surface area contributed by atoms with Gasteiger partial charge in [-0.2, -0.15) is 4.98 Å². The third-order valence-corrected chi connectivity index (χ3v) is 2.71. The lowest BCUT2D eigenvalue weighted by molar-refractivity contribution is -0.137. The Morgan fingerprint density at radius 3 is 2.62 bits per heavy atom. The summed E-state index contributed by atoms with van der Waals surface area (Å²) in [6, 6.07) is 1.05. The molecule has 2 N–H and O–H groups in total. The van der Waals surface area contributed by atoms with Gasteiger partial charge in [-0.3, -0.25) is 10.1 Å². The summed E-state index contributed by atoms with van der Waals surface area (Å²) in [6.07, 6.45) is -0.121. The van der Waals surface area contributed by atoms with Crippen LogP contribution in [0.5, 0.6) is 5.88 Å². The van der Waals surface area contributed by atoms with Gasteiger partial charge in [0.25, 0.3) is 0 Å². The molecule has 0 saturated heterocycles. The molecule has 0 aliphatic rings. The van der Waals surface area contributed by atoms with Gasteiger partial charge in [-0.1, -0.05) is 0 Å². The van der Waals surface area contributed by atoms with Crippen LogP contribution in [-0.2, 0) is 4.79 Å². The maximum atomic E-state index is 12.2. The molecule has 8 heteroatoms. The van der Waals surface area contributed by atoms with Gasteiger partial charge in [0.1, 0.15) is 0 Å². The minimum absolute atomic E-state index is 0.113. The van der Waals surface area contributed by atoms with E-state index in [2.05, 4.69) is 15.3 Å². The number of carbonyl (C=O) groups excluding carboxylic acids is 1. The van der Waals surface area contributed by atoms with E-state index in [1.807, 2.05) is 0 Å². The minimum atomic E-state index is -0.957. The van der Waals surface area contributed by atoms with Gasteiger partial charge in [-0.05, 0) is 20.8 Å². The van der Waals surface area contributed by atoms with E-state index in [1.54, 1.807) is 26.8 Å². The van der Waals surface area contributed by atoms with E-state index in [4.69, 9.17) is 9.84 Å². The standard InChI is InChI=1S/C13H20N4O4/c1-8(2)17(6-5-11(18)19)13(20)16-12-14-9(3)7-10(15-12)21-4/h7-8H,5-6H2,1-4H3,(H,18,19)(H,14,15,16,20). The van der Waals surface area contributed by atoms with Crippen molar-refractivity contribution in [3.05, 3.63) is 11.8 Å². The van der Waals surface area contributed by atoms with E-state index in [1.165, 1.54) is 12.0 Å². The molecule has 0 atom stereocenters. The number of carboxylic acids is 1. The lowest BCUT2D eigenvalue weighted by Crippen LogP contribution is -2.41. The molecule has 116 valence electrons. The van der Waals surface area contributed by atoms with Crippen LogP contribution >= 0.6 is 0 Å². The van der Waals surface area contributed by atoms with Crippen molar-refractivity contribution in [3.8, 4) is 5.88 Å². The SMILES string of the molecule is COc1cc(C)nc(NC(=O)N(CCC(=O)O)C(C)C)n1. The third-order valence-electron chi connectivity index (χ3n) is 2.71. The van der Waals surface area contributed by atoms with Crippen molar-refractivity contribution in [2.45, 2.75) is 33.2 Å².